The largest absolute Gasteiger partial charge is 0.330 e. The maximum atomic E-state index is 13.0. The van der Waals surface area contributed by atoms with Crippen LogP contribution in [0.1, 0.15) is 5.56 Å². The number of anilines is 1. The number of thiophene rings is 1. The van der Waals surface area contributed by atoms with Crippen LogP contribution >= 0.6 is 34.5 Å². The van der Waals surface area contributed by atoms with Crippen LogP contribution in [-0.2, 0) is 18.3 Å². The molecule has 2 aromatic heterocycles. The Hall–Kier alpha value is -1.93. The number of benzene rings is 1. The molecule has 1 aromatic carbocycles. The second kappa shape index (κ2) is 8.39. The molecule has 0 aliphatic heterocycles. The van der Waals surface area contributed by atoms with Gasteiger partial charge in [0.05, 0.1) is 27.8 Å². The van der Waals surface area contributed by atoms with Crippen molar-refractivity contribution in [2.75, 3.05) is 11.9 Å². The molecule has 0 bridgehead atoms. The third-order valence-corrected chi connectivity index (χ3v) is 5.68. The molecule has 0 aliphatic rings. The van der Waals surface area contributed by atoms with Crippen LogP contribution < -0.4 is 11.1 Å². The lowest BCUT2D eigenvalue weighted by atomic mass is 9.98. The van der Waals surface area contributed by atoms with E-state index in [0.717, 1.165) is 5.56 Å². The van der Waals surface area contributed by atoms with Crippen LogP contribution in [0.25, 0.3) is 11.3 Å². The molecule has 3 aromatic rings. The lowest BCUT2D eigenvalue weighted by molar-refractivity contribution is -0.119. The standard InChI is InChI=1S/C18H17Cl2FN4OS/c1-25-16(14(19)9-23-25)13-7-15(27-17(13)20)24-18(26)11(8-22)6-10-2-4-12(21)5-3-10/h2-5,7,9,11H,6,8,22H2,1H3,(H,24,26). The second-order valence-electron chi connectivity index (χ2n) is 6.02. The number of hydrogen-bond acceptors (Lipinski definition) is 4. The van der Waals surface area contributed by atoms with E-state index in [9.17, 15) is 9.18 Å². The first-order valence-corrected chi connectivity index (χ1v) is 9.69. The lowest BCUT2D eigenvalue weighted by Crippen LogP contribution is -2.30. The molecule has 9 heteroatoms. The fourth-order valence-corrected chi connectivity index (χ4v) is 4.17. The Labute approximate surface area is 169 Å². The number of nitrogens with two attached hydrogens (primary N) is 1. The molecule has 2 heterocycles. The number of halogens is 3. The maximum absolute atomic E-state index is 13.0. The summed E-state index contributed by atoms with van der Waals surface area (Å²) in [6, 6.07) is 7.79. The maximum Gasteiger partial charge on any atom is 0.229 e. The molecular formula is C18H17Cl2FN4OS. The average Bonchev–Trinajstić information content (AvgIpc) is 3.15. The zero-order valence-electron chi connectivity index (χ0n) is 14.4. The Kier molecular flexibility index (Phi) is 6.16. The summed E-state index contributed by atoms with van der Waals surface area (Å²) < 4.78 is 15.2. The van der Waals surface area contributed by atoms with E-state index in [1.165, 1.54) is 29.7 Å². The van der Waals surface area contributed by atoms with Crippen LogP contribution in [-0.4, -0.2) is 22.2 Å². The molecule has 3 N–H and O–H groups in total. The molecule has 142 valence electrons. The Morgan fingerprint density at radius 1 is 1.37 bits per heavy atom. The van der Waals surface area contributed by atoms with Crippen molar-refractivity contribution < 1.29 is 9.18 Å². The van der Waals surface area contributed by atoms with Gasteiger partial charge in [-0.05, 0) is 30.2 Å². The molecule has 3 rings (SSSR count). The lowest BCUT2D eigenvalue weighted by Gasteiger charge is -2.14. The van der Waals surface area contributed by atoms with Gasteiger partial charge in [-0.1, -0.05) is 35.3 Å². The van der Waals surface area contributed by atoms with Gasteiger partial charge in [-0.3, -0.25) is 9.48 Å². The molecular weight excluding hydrogens is 410 g/mol. The van der Waals surface area contributed by atoms with Gasteiger partial charge in [0.2, 0.25) is 5.91 Å². The Balaban J connectivity index is 1.75. The minimum Gasteiger partial charge on any atom is -0.330 e. The number of nitrogens with one attached hydrogen (secondary N) is 1. The zero-order chi connectivity index (χ0) is 19.6. The van der Waals surface area contributed by atoms with E-state index in [-0.39, 0.29) is 18.3 Å². The predicted molar refractivity (Wildman–Crippen MR) is 108 cm³/mol. The molecule has 0 spiro atoms. The van der Waals surface area contributed by atoms with Gasteiger partial charge in [0.25, 0.3) is 0 Å². The van der Waals surface area contributed by atoms with E-state index >= 15 is 0 Å². The van der Waals surface area contributed by atoms with Crippen LogP contribution in [0.2, 0.25) is 9.36 Å². The molecule has 1 atom stereocenters. The van der Waals surface area contributed by atoms with Gasteiger partial charge in [-0.2, -0.15) is 5.10 Å². The van der Waals surface area contributed by atoms with Crippen molar-refractivity contribution in [2.24, 2.45) is 18.7 Å². The highest BCUT2D eigenvalue weighted by atomic mass is 35.5. The minimum atomic E-state index is -0.444. The molecule has 0 radical (unpaired) electrons. The van der Waals surface area contributed by atoms with E-state index in [2.05, 4.69) is 10.4 Å². The summed E-state index contributed by atoms with van der Waals surface area (Å²) in [6.45, 7) is 0.169. The van der Waals surface area contributed by atoms with Crippen molar-refractivity contribution >= 4 is 45.4 Å². The van der Waals surface area contributed by atoms with Crippen molar-refractivity contribution in [1.29, 1.82) is 0 Å². The Morgan fingerprint density at radius 2 is 2.07 bits per heavy atom. The summed E-state index contributed by atoms with van der Waals surface area (Å²) in [4.78, 5) is 12.6. The van der Waals surface area contributed by atoms with Crippen molar-refractivity contribution in [3.63, 3.8) is 0 Å². The first kappa shape index (κ1) is 19.8. The summed E-state index contributed by atoms with van der Waals surface area (Å²) in [5, 5.41) is 8.02. The summed E-state index contributed by atoms with van der Waals surface area (Å²) >= 11 is 13.7. The van der Waals surface area contributed by atoms with Gasteiger partial charge in [0.1, 0.15) is 10.2 Å². The fourth-order valence-electron chi connectivity index (χ4n) is 2.72. The first-order valence-electron chi connectivity index (χ1n) is 8.11. The fraction of sp³-hybridized carbons (Fsp3) is 0.222. The number of nitrogens with zero attached hydrogens (tertiary/aromatic N) is 2. The summed E-state index contributed by atoms with van der Waals surface area (Å²) in [5.41, 5.74) is 7.99. The normalized spacial score (nSPS) is 12.2. The molecule has 1 amide bonds. The van der Waals surface area contributed by atoms with Crippen molar-refractivity contribution in [3.05, 3.63) is 57.3 Å². The molecule has 0 saturated heterocycles. The van der Waals surface area contributed by atoms with E-state index in [1.807, 2.05) is 0 Å². The van der Waals surface area contributed by atoms with Crippen molar-refractivity contribution in [2.45, 2.75) is 6.42 Å². The minimum absolute atomic E-state index is 0.169. The number of hydrogen-bond donors (Lipinski definition) is 2. The van der Waals surface area contributed by atoms with Crippen molar-refractivity contribution in [3.8, 4) is 11.3 Å². The van der Waals surface area contributed by atoms with Gasteiger partial charge in [0, 0.05) is 19.2 Å². The van der Waals surface area contributed by atoms with Gasteiger partial charge >= 0.3 is 0 Å². The van der Waals surface area contributed by atoms with Gasteiger partial charge in [-0.15, -0.1) is 11.3 Å². The van der Waals surface area contributed by atoms with Crippen LogP contribution in [0.3, 0.4) is 0 Å². The average molecular weight is 427 g/mol. The molecule has 0 fully saturated rings. The molecule has 27 heavy (non-hydrogen) atoms. The Morgan fingerprint density at radius 3 is 2.67 bits per heavy atom. The number of aromatic nitrogens is 2. The summed E-state index contributed by atoms with van der Waals surface area (Å²) in [7, 11) is 1.76. The number of carbonyl (C=O) groups excluding carboxylic acids is 1. The molecule has 0 saturated carbocycles. The highest BCUT2D eigenvalue weighted by Crippen LogP contribution is 2.41. The number of rotatable bonds is 6. The SMILES string of the molecule is Cn1ncc(Cl)c1-c1cc(NC(=O)C(CN)Cc2ccc(F)cc2)sc1Cl. The summed E-state index contributed by atoms with van der Waals surface area (Å²) in [5.74, 6) is -0.982. The van der Waals surface area contributed by atoms with Crippen LogP contribution in [0.5, 0.6) is 0 Å². The van der Waals surface area contributed by atoms with Crippen LogP contribution in [0.15, 0.2) is 36.5 Å². The summed E-state index contributed by atoms with van der Waals surface area (Å²) in [6.07, 6.45) is 1.96. The Bertz CT molecular complexity index is 935. The highest BCUT2D eigenvalue weighted by Gasteiger charge is 2.21. The van der Waals surface area contributed by atoms with E-state index in [4.69, 9.17) is 28.9 Å². The van der Waals surface area contributed by atoms with E-state index in [0.29, 0.717) is 32.0 Å². The third-order valence-electron chi connectivity index (χ3n) is 4.13. The van der Waals surface area contributed by atoms with Crippen LogP contribution in [0, 0.1) is 11.7 Å². The molecule has 0 aliphatic carbocycles. The van der Waals surface area contributed by atoms with Gasteiger partial charge in [-0.25, -0.2) is 4.39 Å². The smallest absolute Gasteiger partial charge is 0.229 e. The van der Waals surface area contributed by atoms with Crippen LogP contribution in [0.4, 0.5) is 9.39 Å². The first-order chi connectivity index (χ1) is 12.9. The highest BCUT2D eigenvalue weighted by molar-refractivity contribution is 7.20. The van der Waals surface area contributed by atoms with Crippen molar-refractivity contribution in [1.82, 2.24) is 9.78 Å². The topological polar surface area (TPSA) is 72.9 Å². The number of aryl methyl sites for hydroxylation is 1. The number of amides is 1. The predicted octanol–water partition coefficient (Wildman–Crippen LogP) is 4.35. The quantitative estimate of drug-likeness (QED) is 0.615. The van der Waals surface area contributed by atoms with Gasteiger partial charge in [0.15, 0.2) is 0 Å². The molecule has 1 unspecified atom stereocenters. The third kappa shape index (κ3) is 4.50. The zero-order valence-corrected chi connectivity index (χ0v) is 16.7. The second-order valence-corrected chi connectivity index (χ2v) is 8.08. The van der Waals surface area contributed by atoms with E-state index < -0.39 is 5.92 Å². The number of carbonyl (C=O) groups is 1. The molecule has 5 nitrogen and oxygen atoms in total. The van der Waals surface area contributed by atoms with Gasteiger partial charge < -0.3 is 11.1 Å². The monoisotopic (exact) mass is 426 g/mol. The van der Waals surface area contributed by atoms with E-state index in [1.54, 1.807) is 29.9 Å².